The fraction of sp³-hybridized carbons (Fsp3) is 0.182. The zero-order valence-corrected chi connectivity index (χ0v) is 17.5. The molecule has 0 aromatic heterocycles. The van der Waals surface area contributed by atoms with E-state index in [0.717, 1.165) is 11.4 Å². The van der Waals surface area contributed by atoms with E-state index >= 15 is 0 Å². The van der Waals surface area contributed by atoms with Crippen LogP contribution >= 0.6 is 0 Å². The molecule has 1 N–H and O–H groups in total. The van der Waals surface area contributed by atoms with E-state index in [1.165, 1.54) is 10.4 Å². The van der Waals surface area contributed by atoms with Crippen LogP contribution in [0.4, 0.5) is 22.7 Å². The maximum Gasteiger partial charge on any atom is 0.292 e. The maximum atomic E-state index is 12.8. The van der Waals surface area contributed by atoms with Crippen molar-refractivity contribution in [1.29, 1.82) is 0 Å². The van der Waals surface area contributed by atoms with Crippen molar-refractivity contribution in [3.05, 3.63) is 89.0 Å². The van der Waals surface area contributed by atoms with E-state index in [-0.39, 0.29) is 10.6 Å². The fourth-order valence-corrected chi connectivity index (χ4v) is 5.03. The molecular weight excluding hydrogens is 416 g/mol. The van der Waals surface area contributed by atoms with Gasteiger partial charge in [0.25, 0.3) is 5.69 Å². The van der Waals surface area contributed by atoms with Crippen molar-refractivity contribution in [2.24, 2.45) is 0 Å². The summed E-state index contributed by atoms with van der Waals surface area (Å²) in [4.78, 5) is 13.4. The lowest BCUT2D eigenvalue weighted by molar-refractivity contribution is -0.383. The number of benzene rings is 3. The number of nitrogens with one attached hydrogen (secondary N) is 1. The molecule has 1 aliphatic rings. The van der Waals surface area contributed by atoms with Gasteiger partial charge in [-0.3, -0.25) is 10.1 Å². The molecule has 0 aliphatic carbocycles. The van der Waals surface area contributed by atoms with Gasteiger partial charge in [-0.1, -0.05) is 36.4 Å². The number of hydrogen-bond donors (Lipinski definition) is 1. The van der Waals surface area contributed by atoms with E-state index in [2.05, 4.69) is 5.32 Å². The van der Waals surface area contributed by atoms with Crippen LogP contribution in [0.2, 0.25) is 0 Å². The van der Waals surface area contributed by atoms with E-state index in [1.54, 1.807) is 42.5 Å². The quantitative estimate of drug-likeness (QED) is 0.464. The molecule has 0 unspecified atom stereocenters. The van der Waals surface area contributed by atoms with Crippen LogP contribution in [-0.4, -0.2) is 43.8 Å². The number of nitro benzene ring substituents is 1. The molecule has 0 amide bonds. The Balaban J connectivity index is 1.52. The zero-order valence-electron chi connectivity index (χ0n) is 16.7. The Morgan fingerprint density at radius 3 is 2.06 bits per heavy atom. The summed E-state index contributed by atoms with van der Waals surface area (Å²) in [5.41, 5.74) is 1.94. The van der Waals surface area contributed by atoms with Gasteiger partial charge in [-0.15, -0.1) is 0 Å². The van der Waals surface area contributed by atoms with E-state index < -0.39 is 14.9 Å². The topological polar surface area (TPSA) is 95.8 Å². The van der Waals surface area contributed by atoms with Crippen molar-refractivity contribution < 1.29 is 13.3 Å². The van der Waals surface area contributed by atoms with Crippen LogP contribution in [-0.2, 0) is 10.0 Å². The van der Waals surface area contributed by atoms with Crippen LogP contribution in [0, 0.1) is 10.1 Å². The van der Waals surface area contributed by atoms with Crippen LogP contribution in [0.25, 0.3) is 0 Å². The van der Waals surface area contributed by atoms with Gasteiger partial charge >= 0.3 is 0 Å². The first-order valence-electron chi connectivity index (χ1n) is 9.86. The summed E-state index contributed by atoms with van der Waals surface area (Å²) in [6.07, 6.45) is 0. The van der Waals surface area contributed by atoms with Gasteiger partial charge in [0.2, 0.25) is 10.0 Å². The molecule has 0 bridgehead atoms. The van der Waals surface area contributed by atoms with Gasteiger partial charge in [-0.2, -0.15) is 4.31 Å². The molecule has 3 aromatic carbocycles. The standard InChI is InChI=1S/C22H22N4O4S/c27-26(28)22-12-11-19(17-21(22)23-18-7-3-1-4-8-18)24-13-15-25(16-14-24)31(29,30)20-9-5-2-6-10-20/h1-12,17,23H,13-16H2. The number of nitro groups is 1. The predicted octanol–water partition coefficient (Wildman–Crippen LogP) is 3.85. The number of nitrogens with zero attached hydrogens (tertiary/aromatic N) is 3. The number of para-hydroxylation sites is 1. The molecule has 0 saturated carbocycles. The summed E-state index contributed by atoms with van der Waals surface area (Å²) < 4.78 is 27.1. The summed E-state index contributed by atoms with van der Waals surface area (Å²) in [5, 5.41) is 14.6. The Kier molecular flexibility index (Phi) is 5.88. The van der Waals surface area contributed by atoms with E-state index in [1.807, 2.05) is 35.2 Å². The molecule has 160 valence electrons. The summed E-state index contributed by atoms with van der Waals surface area (Å²) in [7, 11) is -3.53. The number of hydrogen-bond acceptors (Lipinski definition) is 6. The van der Waals surface area contributed by atoms with Crippen LogP contribution in [0.5, 0.6) is 0 Å². The highest BCUT2D eigenvalue weighted by molar-refractivity contribution is 7.89. The van der Waals surface area contributed by atoms with Crippen LogP contribution in [0.3, 0.4) is 0 Å². The van der Waals surface area contributed by atoms with Crippen molar-refractivity contribution in [1.82, 2.24) is 4.31 Å². The molecule has 9 heteroatoms. The van der Waals surface area contributed by atoms with E-state index in [0.29, 0.717) is 31.9 Å². The van der Waals surface area contributed by atoms with Gasteiger partial charge in [0.1, 0.15) is 5.69 Å². The average molecular weight is 439 g/mol. The van der Waals surface area contributed by atoms with Gasteiger partial charge in [-0.25, -0.2) is 8.42 Å². The van der Waals surface area contributed by atoms with Gasteiger partial charge in [0.15, 0.2) is 0 Å². The Morgan fingerprint density at radius 2 is 1.45 bits per heavy atom. The second-order valence-electron chi connectivity index (χ2n) is 7.15. The second-order valence-corrected chi connectivity index (χ2v) is 9.09. The average Bonchev–Trinajstić information content (AvgIpc) is 2.80. The lowest BCUT2D eigenvalue weighted by Crippen LogP contribution is -2.48. The third-order valence-corrected chi connectivity index (χ3v) is 7.13. The molecule has 31 heavy (non-hydrogen) atoms. The number of sulfonamides is 1. The van der Waals surface area contributed by atoms with Gasteiger partial charge in [0, 0.05) is 43.6 Å². The van der Waals surface area contributed by atoms with Crippen molar-refractivity contribution in [3.63, 3.8) is 0 Å². The van der Waals surface area contributed by atoms with Crippen LogP contribution in [0.15, 0.2) is 83.8 Å². The SMILES string of the molecule is O=[N+]([O-])c1ccc(N2CCN(S(=O)(=O)c3ccccc3)CC2)cc1Nc1ccccc1. The molecule has 0 atom stereocenters. The van der Waals surface area contributed by atoms with Gasteiger partial charge in [0.05, 0.1) is 9.82 Å². The summed E-state index contributed by atoms with van der Waals surface area (Å²) in [5.74, 6) is 0. The first-order valence-corrected chi connectivity index (χ1v) is 11.3. The van der Waals surface area contributed by atoms with Gasteiger partial charge in [-0.05, 0) is 36.4 Å². The zero-order chi connectivity index (χ0) is 21.8. The summed E-state index contributed by atoms with van der Waals surface area (Å²) >= 11 is 0. The number of piperazine rings is 1. The summed E-state index contributed by atoms with van der Waals surface area (Å²) in [6, 6.07) is 22.6. The molecule has 0 radical (unpaired) electrons. The lowest BCUT2D eigenvalue weighted by Gasteiger charge is -2.35. The monoisotopic (exact) mass is 438 g/mol. The Morgan fingerprint density at radius 1 is 0.839 bits per heavy atom. The van der Waals surface area contributed by atoms with Crippen molar-refractivity contribution >= 4 is 32.8 Å². The van der Waals surface area contributed by atoms with Crippen molar-refractivity contribution in [3.8, 4) is 0 Å². The Bertz CT molecular complexity index is 1160. The Labute approximate surface area is 180 Å². The molecule has 3 aromatic rings. The molecule has 1 heterocycles. The highest BCUT2D eigenvalue weighted by atomic mass is 32.2. The molecular formula is C22H22N4O4S. The lowest BCUT2D eigenvalue weighted by atomic mass is 10.2. The number of anilines is 3. The third-order valence-electron chi connectivity index (χ3n) is 5.21. The smallest absolute Gasteiger partial charge is 0.292 e. The third kappa shape index (κ3) is 4.52. The van der Waals surface area contributed by atoms with Gasteiger partial charge < -0.3 is 10.2 Å². The minimum Gasteiger partial charge on any atom is -0.369 e. The van der Waals surface area contributed by atoms with Crippen LogP contribution < -0.4 is 10.2 Å². The van der Waals surface area contributed by atoms with Crippen molar-refractivity contribution in [2.45, 2.75) is 4.90 Å². The number of rotatable bonds is 6. The van der Waals surface area contributed by atoms with E-state index in [9.17, 15) is 18.5 Å². The van der Waals surface area contributed by atoms with Crippen LogP contribution in [0.1, 0.15) is 0 Å². The molecule has 1 saturated heterocycles. The van der Waals surface area contributed by atoms with E-state index in [4.69, 9.17) is 0 Å². The largest absolute Gasteiger partial charge is 0.369 e. The summed E-state index contributed by atoms with van der Waals surface area (Å²) in [6.45, 7) is 1.68. The molecule has 4 rings (SSSR count). The second kappa shape index (κ2) is 8.75. The highest BCUT2D eigenvalue weighted by Crippen LogP contribution is 2.32. The molecule has 1 fully saturated rings. The fourth-order valence-electron chi connectivity index (χ4n) is 3.59. The minimum atomic E-state index is -3.53. The first-order chi connectivity index (χ1) is 14.9. The molecule has 1 aliphatic heterocycles. The highest BCUT2D eigenvalue weighted by Gasteiger charge is 2.29. The minimum absolute atomic E-state index is 0.0158. The molecule has 8 nitrogen and oxygen atoms in total. The normalized spacial score (nSPS) is 14.9. The molecule has 0 spiro atoms. The predicted molar refractivity (Wildman–Crippen MR) is 120 cm³/mol. The Hall–Kier alpha value is -3.43. The first kappa shape index (κ1) is 20.8. The van der Waals surface area contributed by atoms with Crippen molar-refractivity contribution in [2.75, 3.05) is 36.4 Å². The maximum absolute atomic E-state index is 12.8.